The molecule has 1 heteroatoms. The Labute approximate surface area is 223 Å². The van der Waals surface area contributed by atoms with Gasteiger partial charge in [0.1, 0.15) is 11.2 Å². The molecule has 0 fully saturated rings. The highest BCUT2D eigenvalue weighted by atomic mass is 16.3. The monoisotopic (exact) mass is 490 g/mol. The normalized spacial score (nSPS) is 15.9. The largest absolute Gasteiger partial charge is 0.456 e. The molecule has 2 aliphatic carbocycles. The van der Waals surface area contributed by atoms with Crippen molar-refractivity contribution in [3.8, 4) is 33.4 Å². The minimum absolute atomic E-state index is 0.00132. The minimum Gasteiger partial charge on any atom is -0.456 e. The second kappa shape index (κ2) is 7.05. The summed E-state index contributed by atoms with van der Waals surface area (Å²) in [5.74, 6) is 0. The van der Waals surface area contributed by atoms with Gasteiger partial charge in [-0.15, -0.1) is 0 Å². The summed E-state index contributed by atoms with van der Waals surface area (Å²) in [6, 6.07) is 33.9. The van der Waals surface area contributed by atoms with Crippen molar-refractivity contribution in [1.29, 1.82) is 0 Å². The number of aryl methyl sites for hydroxylation is 1. The fourth-order valence-corrected chi connectivity index (χ4v) is 7.16. The summed E-state index contributed by atoms with van der Waals surface area (Å²) in [5.41, 5.74) is 16.9. The van der Waals surface area contributed by atoms with Gasteiger partial charge in [-0.05, 0) is 99.0 Å². The minimum atomic E-state index is -0.0697. The molecule has 0 saturated heterocycles. The lowest BCUT2D eigenvalue weighted by Crippen LogP contribution is -2.17. The van der Waals surface area contributed by atoms with Crippen molar-refractivity contribution in [3.05, 3.63) is 119 Å². The molecule has 0 atom stereocenters. The highest BCUT2D eigenvalue weighted by Gasteiger charge is 2.41. The van der Waals surface area contributed by atoms with Crippen LogP contribution in [0.15, 0.2) is 95.4 Å². The van der Waals surface area contributed by atoms with Crippen molar-refractivity contribution >= 4 is 21.9 Å². The van der Waals surface area contributed by atoms with E-state index >= 15 is 0 Å². The van der Waals surface area contributed by atoms with E-state index in [0.717, 1.165) is 11.2 Å². The van der Waals surface area contributed by atoms with Crippen molar-refractivity contribution in [2.24, 2.45) is 0 Å². The smallest absolute Gasteiger partial charge is 0.135 e. The summed E-state index contributed by atoms with van der Waals surface area (Å²) in [4.78, 5) is 0. The Kier molecular flexibility index (Phi) is 4.07. The first kappa shape index (κ1) is 21.9. The van der Waals surface area contributed by atoms with Crippen LogP contribution in [0.2, 0.25) is 0 Å². The molecule has 184 valence electrons. The van der Waals surface area contributed by atoms with Gasteiger partial charge in [0, 0.05) is 21.6 Å². The molecule has 0 bridgehead atoms. The molecule has 2 aliphatic rings. The summed E-state index contributed by atoms with van der Waals surface area (Å²) in [6.07, 6.45) is 0. The van der Waals surface area contributed by atoms with Gasteiger partial charge in [-0.3, -0.25) is 0 Å². The molecule has 38 heavy (non-hydrogen) atoms. The number of fused-ring (bicyclic) bond motifs is 9. The first-order valence-electron chi connectivity index (χ1n) is 13.6. The molecule has 0 saturated carbocycles. The number of hydrogen-bond acceptors (Lipinski definition) is 1. The van der Waals surface area contributed by atoms with E-state index in [9.17, 15) is 0 Å². The van der Waals surface area contributed by atoms with E-state index in [-0.39, 0.29) is 10.8 Å². The molecule has 5 aromatic carbocycles. The Morgan fingerprint density at radius 2 is 1.03 bits per heavy atom. The fourth-order valence-electron chi connectivity index (χ4n) is 7.16. The summed E-state index contributed by atoms with van der Waals surface area (Å²) < 4.78 is 6.08. The van der Waals surface area contributed by atoms with E-state index in [1.54, 1.807) is 0 Å². The first-order valence-corrected chi connectivity index (χ1v) is 13.6. The number of furan rings is 1. The fraction of sp³-hybridized carbons (Fsp3) is 0.189. The molecule has 1 aromatic heterocycles. The lowest BCUT2D eigenvalue weighted by atomic mass is 9.79. The van der Waals surface area contributed by atoms with Gasteiger partial charge in [0.15, 0.2) is 0 Å². The van der Waals surface area contributed by atoms with Crippen LogP contribution in [0.1, 0.15) is 55.5 Å². The molecule has 0 N–H and O–H groups in total. The predicted molar refractivity (Wildman–Crippen MR) is 159 cm³/mol. The van der Waals surface area contributed by atoms with E-state index in [2.05, 4.69) is 113 Å². The van der Waals surface area contributed by atoms with E-state index in [0.29, 0.717) is 0 Å². The Hall–Kier alpha value is -4.10. The summed E-state index contributed by atoms with van der Waals surface area (Å²) in [5, 5.41) is 2.35. The maximum atomic E-state index is 6.08. The maximum Gasteiger partial charge on any atom is 0.135 e. The van der Waals surface area contributed by atoms with E-state index in [4.69, 9.17) is 4.42 Å². The standard InChI is InChI=1S/C37H30O/c1-21-10-13-24-27-19-33-28(20-32(27)36(2,3)30(24)16-21)25-14-11-23(18-31(25)37(33,4)5)22-12-15-35-29(17-22)26-8-6-7-9-34(26)38-35/h6-20H,1-5H3. The molecule has 0 spiro atoms. The summed E-state index contributed by atoms with van der Waals surface area (Å²) in [7, 11) is 0. The highest BCUT2D eigenvalue weighted by molar-refractivity contribution is 6.06. The van der Waals surface area contributed by atoms with Gasteiger partial charge in [-0.2, -0.15) is 0 Å². The molecule has 0 aliphatic heterocycles. The topological polar surface area (TPSA) is 13.1 Å². The molecular formula is C37H30O. The van der Waals surface area contributed by atoms with E-state index in [1.165, 1.54) is 72.0 Å². The molecule has 8 rings (SSSR count). The molecular weight excluding hydrogens is 460 g/mol. The average Bonchev–Trinajstić information content (AvgIpc) is 3.47. The second-order valence-corrected chi connectivity index (χ2v) is 12.3. The lowest BCUT2D eigenvalue weighted by Gasteiger charge is -2.24. The van der Waals surface area contributed by atoms with E-state index < -0.39 is 0 Å². The molecule has 1 heterocycles. The van der Waals surface area contributed by atoms with Gasteiger partial charge >= 0.3 is 0 Å². The zero-order valence-corrected chi connectivity index (χ0v) is 22.6. The van der Waals surface area contributed by atoms with Crippen LogP contribution >= 0.6 is 0 Å². The quantitative estimate of drug-likeness (QED) is 0.223. The van der Waals surface area contributed by atoms with Crippen LogP contribution in [0, 0.1) is 6.92 Å². The van der Waals surface area contributed by atoms with Crippen molar-refractivity contribution in [1.82, 2.24) is 0 Å². The Morgan fingerprint density at radius 3 is 1.76 bits per heavy atom. The number of rotatable bonds is 1. The average molecular weight is 491 g/mol. The van der Waals surface area contributed by atoms with Crippen LogP contribution in [0.5, 0.6) is 0 Å². The van der Waals surface area contributed by atoms with Crippen LogP contribution in [-0.2, 0) is 10.8 Å². The van der Waals surface area contributed by atoms with Crippen LogP contribution in [0.3, 0.4) is 0 Å². The van der Waals surface area contributed by atoms with E-state index in [1.807, 2.05) is 12.1 Å². The molecule has 6 aromatic rings. The Bertz CT molecular complexity index is 1980. The van der Waals surface area contributed by atoms with Gasteiger partial charge in [-0.1, -0.05) is 87.9 Å². The zero-order valence-electron chi connectivity index (χ0n) is 22.6. The Balaban J connectivity index is 1.29. The molecule has 0 radical (unpaired) electrons. The summed E-state index contributed by atoms with van der Waals surface area (Å²) in [6.45, 7) is 11.7. The molecule has 1 nitrogen and oxygen atoms in total. The molecule has 0 amide bonds. The zero-order chi connectivity index (χ0) is 26.0. The van der Waals surface area contributed by atoms with Crippen LogP contribution in [0.25, 0.3) is 55.3 Å². The number of benzene rings is 5. The van der Waals surface area contributed by atoms with Gasteiger partial charge in [-0.25, -0.2) is 0 Å². The van der Waals surface area contributed by atoms with Crippen molar-refractivity contribution < 1.29 is 4.42 Å². The van der Waals surface area contributed by atoms with Gasteiger partial charge < -0.3 is 4.42 Å². The third-order valence-electron chi connectivity index (χ3n) is 9.34. The third kappa shape index (κ3) is 2.72. The lowest BCUT2D eigenvalue weighted by molar-refractivity contribution is 0.652. The second-order valence-electron chi connectivity index (χ2n) is 12.3. The SMILES string of the molecule is Cc1ccc2c(c1)C(C)(C)c1cc3c(cc1-2)C(C)(C)c1cc(-c2ccc4oc5ccccc5c4c2)ccc1-3. The van der Waals surface area contributed by atoms with Gasteiger partial charge in [0.05, 0.1) is 0 Å². The summed E-state index contributed by atoms with van der Waals surface area (Å²) >= 11 is 0. The predicted octanol–water partition coefficient (Wildman–Crippen LogP) is 10.2. The Morgan fingerprint density at radius 1 is 0.474 bits per heavy atom. The van der Waals surface area contributed by atoms with Crippen molar-refractivity contribution in [2.45, 2.75) is 45.4 Å². The maximum absolute atomic E-state index is 6.08. The van der Waals surface area contributed by atoms with Crippen LogP contribution in [0.4, 0.5) is 0 Å². The number of hydrogen-bond donors (Lipinski definition) is 0. The highest BCUT2D eigenvalue weighted by Crippen LogP contribution is 2.56. The van der Waals surface area contributed by atoms with Crippen molar-refractivity contribution in [2.75, 3.05) is 0 Å². The first-order chi connectivity index (χ1) is 18.2. The molecule has 0 unspecified atom stereocenters. The van der Waals surface area contributed by atoms with Gasteiger partial charge in [0.2, 0.25) is 0 Å². The van der Waals surface area contributed by atoms with Crippen LogP contribution in [-0.4, -0.2) is 0 Å². The van der Waals surface area contributed by atoms with Gasteiger partial charge in [0.25, 0.3) is 0 Å². The third-order valence-corrected chi connectivity index (χ3v) is 9.34. The van der Waals surface area contributed by atoms with Crippen molar-refractivity contribution in [3.63, 3.8) is 0 Å². The number of para-hydroxylation sites is 1. The van der Waals surface area contributed by atoms with Crippen LogP contribution < -0.4 is 0 Å².